The number of pyridine rings is 2. The van der Waals surface area contributed by atoms with Crippen LogP contribution in [0.5, 0.6) is 5.75 Å². The fraction of sp³-hybridized carbons (Fsp3) is 0.145. The molecule has 11 rings (SSSR count). The summed E-state index contributed by atoms with van der Waals surface area (Å²) in [6.07, 6.45) is 5.18. The van der Waals surface area contributed by atoms with Gasteiger partial charge in [-0.05, 0) is 59.0 Å². The summed E-state index contributed by atoms with van der Waals surface area (Å²) in [6, 6.07) is 45.6. The number of aromatic nitrogens is 6. The van der Waals surface area contributed by atoms with Crippen LogP contribution >= 0.6 is 0 Å². The second-order valence-electron chi connectivity index (χ2n) is 18.3. The summed E-state index contributed by atoms with van der Waals surface area (Å²) in [7, 11) is 0. The van der Waals surface area contributed by atoms with E-state index in [2.05, 4.69) is 88.6 Å². The number of benzene rings is 5. The van der Waals surface area contributed by atoms with Crippen LogP contribution in [0.15, 0.2) is 159 Å². The van der Waals surface area contributed by atoms with Crippen LogP contribution in [0.2, 0.25) is 0 Å². The van der Waals surface area contributed by atoms with Crippen molar-refractivity contribution in [2.45, 2.75) is 52.4 Å². The van der Waals surface area contributed by atoms with Crippen LogP contribution < -0.4 is 0 Å². The molecule has 0 amide bonds. The molecule has 6 heterocycles. The van der Waals surface area contributed by atoms with Gasteiger partial charge < -0.3 is 18.4 Å². The van der Waals surface area contributed by atoms with Crippen molar-refractivity contribution in [3.05, 3.63) is 164 Å². The third-order valence-corrected chi connectivity index (χ3v) is 11.7. The molecular formula is C55H43N6O4Pt-. The van der Waals surface area contributed by atoms with Gasteiger partial charge in [0.05, 0.1) is 33.6 Å². The molecule has 0 unspecified atom stereocenters. The fourth-order valence-corrected chi connectivity index (χ4v) is 8.24. The molecule has 0 aliphatic carbocycles. The Morgan fingerprint density at radius 3 is 1.95 bits per heavy atom. The molecule has 5 aromatic carbocycles. The van der Waals surface area contributed by atoms with Crippen LogP contribution in [0.3, 0.4) is 0 Å². The Kier molecular flexibility index (Phi) is 10.5. The number of aromatic hydroxyl groups is 1. The Morgan fingerprint density at radius 2 is 1.24 bits per heavy atom. The van der Waals surface area contributed by atoms with E-state index >= 15 is 0 Å². The number of imidazole rings is 1. The topological polar surface area (TPSA) is 129 Å². The molecule has 0 bridgehead atoms. The Balaban J connectivity index is 0.00000511. The standard InChI is InChI=1S/C55H43N6O4.Pt/c1-54(2,3)45-30-63-52(58-45)42-29-39-38-26-34(36-21-15-22-43-47(36)60-51(37-20-13-14-23-44(37)62)61(43)35-18-11-8-12-19-35)27-40(41-28-33(24-25-56-41)32-16-9-7-10-17-32)49(38)65-50(39)48(57-42)53-59-46(31-64-53)55(4,5)6;/h7-26,28-31,62H,1-6H3;/q-1;. The Morgan fingerprint density at radius 1 is 0.591 bits per heavy atom. The molecule has 11 aromatic rings. The van der Waals surface area contributed by atoms with Crippen LogP contribution in [-0.4, -0.2) is 34.6 Å². The Hall–Kier alpha value is -7.42. The zero-order valence-electron chi connectivity index (χ0n) is 37.0. The molecule has 0 aliphatic heterocycles. The summed E-state index contributed by atoms with van der Waals surface area (Å²) >= 11 is 0. The molecule has 0 aliphatic rings. The number of phenols is 1. The summed E-state index contributed by atoms with van der Waals surface area (Å²) in [4.78, 5) is 25.3. The minimum Gasteiger partial charge on any atom is -0.507 e. The van der Waals surface area contributed by atoms with Crippen molar-refractivity contribution >= 4 is 33.0 Å². The van der Waals surface area contributed by atoms with Crippen molar-refractivity contribution in [1.82, 2.24) is 29.5 Å². The molecular weight excluding hydrogens is 1000 g/mol. The molecule has 0 saturated heterocycles. The summed E-state index contributed by atoms with van der Waals surface area (Å²) in [5, 5.41) is 12.7. The normalized spacial score (nSPS) is 12.0. The summed E-state index contributed by atoms with van der Waals surface area (Å²) in [6.45, 7) is 12.5. The molecule has 0 saturated carbocycles. The van der Waals surface area contributed by atoms with Crippen molar-refractivity contribution in [3.8, 4) is 79.5 Å². The Labute approximate surface area is 395 Å². The molecule has 328 valence electrons. The maximum Gasteiger partial charge on any atom is 0.249 e. The van der Waals surface area contributed by atoms with E-state index in [-0.39, 0.29) is 37.6 Å². The van der Waals surface area contributed by atoms with Gasteiger partial charge in [-0.25, -0.2) is 19.9 Å². The van der Waals surface area contributed by atoms with Crippen LogP contribution in [0.4, 0.5) is 0 Å². The van der Waals surface area contributed by atoms with Crippen molar-refractivity contribution in [2.75, 3.05) is 0 Å². The van der Waals surface area contributed by atoms with Gasteiger partial charge in [0.1, 0.15) is 29.8 Å². The number of phenolic OH excluding ortho intramolecular Hbond substituents is 1. The molecule has 1 N–H and O–H groups in total. The monoisotopic (exact) mass is 1050 g/mol. The Bertz CT molecular complexity index is 3590. The molecule has 0 atom stereocenters. The molecule has 10 nitrogen and oxygen atoms in total. The first-order valence-electron chi connectivity index (χ1n) is 21.5. The third-order valence-electron chi connectivity index (χ3n) is 11.7. The van der Waals surface area contributed by atoms with Gasteiger partial charge in [-0.15, -0.1) is 17.7 Å². The van der Waals surface area contributed by atoms with Crippen LogP contribution in [-0.2, 0) is 31.9 Å². The van der Waals surface area contributed by atoms with E-state index in [1.54, 1.807) is 18.6 Å². The molecule has 6 aromatic heterocycles. The average Bonchev–Trinajstić information content (AvgIpc) is 4.14. The first-order chi connectivity index (χ1) is 31.4. The van der Waals surface area contributed by atoms with Gasteiger partial charge in [0, 0.05) is 54.9 Å². The molecule has 0 radical (unpaired) electrons. The minimum absolute atomic E-state index is 0. The van der Waals surface area contributed by atoms with E-state index in [1.807, 2.05) is 91.1 Å². The van der Waals surface area contributed by atoms with Crippen LogP contribution in [0, 0.1) is 6.07 Å². The number of rotatable bonds is 7. The molecule has 0 spiro atoms. The van der Waals surface area contributed by atoms with E-state index < -0.39 is 0 Å². The minimum atomic E-state index is -0.281. The van der Waals surface area contributed by atoms with Crippen molar-refractivity contribution in [2.24, 2.45) is 0 Å². The largest absolute Gasteiger partial charge is 0.507 e. The summed E-state index contributed by atoms with van der Waals surface area (Å²) in [5.74, 6) is 1.41. The van der Waals surface area contributed by atoms with Crippen LogP contribution in [0.25, 0.3) is 107 Å². The number of fused-ring (bicyclic) bond motifs is 4. The van der Waals surface area contributed by atoms with Gasteiger partial charge in [0.25, 0.3) is 0 Å². The summed E-state index contributed by atoms with van der Waals surface area (Å²) in [5.41, 5.74) is 11.0. The number of para-hydroxylation sites is 3. The molecule has 0 fully saturated rings. The van der Waals surface area contributed by atoms with Gasteiger partial charge in [-0.2, -0.15) is 0 Å². The van der Waals surface area contributed by atoms with Gasteiger partial charge in [0.15, 0.2) is 11.3 Å². The predicted octanol–water partition coefficient (Wildman–Crippen LogP) is 13.8. The number of hydrogen-bond donors (Lipinski definition) is 1. The molecule has 66 heavy (non-hydrogen) atoms. The fourth-order valence-electron chi connectivity index (χ4n) is 8.24. The van der Waals surface area contributed by atoms with E-state index in [4.69, 9.17) is 38.2 Å². The zero-order chi connectivity index (χ0) is 44.6. The number of hydrogen-bond acceptors (Lipinski definition) is 9. The SMILES string of the molecule is CC(C)(C)c1coc(-c2cc3c(oc4c(-c5cc(-c6ccccc6)ccn5)[c-]c(-c5cccc6c5nc(-c5ccccc5O)n6-c5ccccc5)cc43)c(-c3nc(C(C)(C)C)co3)n2)n1.[Pt]. The van der Waals surface area contributed by atoms with E-state index in [0.29, 0.717) is 57.0 Å². The van der Waals surface area contributed by atoms with Crippen molar-refractivity contribution in [3.63, 3.8) is 0 Å². The number of nitrogens with zero attached hydrogens (tertiary/aromatic N) is 6. The second-order valence-corrected chi connectivity index (χ2v) is 18.3. The van der Waals surface area contributed by atoms with E-state index in [9.17, 15) is 5.11 Å². The predicted molar refractivity (Wildman–Crippen MR) is 255 cm³/mol. The van der Waals surface area contributed by atoms with E-state index in [0.717, 1.165) is 61.1 Å². The maximum absolute atomic E-state index is 11.2. The smallest absolute Gasteiger partial charge is 0.249 e. The van der Waals surface area contributed by atoms with Gasteiger partial charge >= 0.3 is 0 Å². The third kappa shape index (κ3) is 7.41. The van der Waals surface area contributed by atoms with Crippen LogP contribution in [0.1, 0.15) is 52.9 Å². The number of oxazole rings is 2. The second kappa shape index (κ2) is 16.2. The number of furan rings is 1. The summed E-state index contributed by atoms with van der Waals surface area (Å²) < 4.78 is 21.5. The quantitative estimate of drug-likeness (QED) is 0.155. The maximum atomic E-state index is 11.2. The van der Waals surface area contributed by atoms with Gasteiger partial charge in [-0.3, -0.25) is 9.55 Å². The van der Waals surface area contributed by atoms with E-state index in [1.165, 1.54) is 0 Å². The van der Waals surface area contributed by atoms with Crippen molar-refractivity contribution < 1.29 is 39.4 Å². The molecule has 11 heteroatoms. The van der Waals surface area contributed by atoms with Crippen molar-refractivity contribution in [1.29, 1.82) is 0 Å². The van der Waals surface area contributed by atoms with Gasteiger partial charge in [0.2, 0.25) is 11.8 Å². The first-order valence-corrected chi connectivity index (χ1v) is 21.5. The van der Waals surface area contributed by atoms with Gasteiger partial charge in [-0.1, -0.05) is 132 Å². The average molecular weight is 1050 g/mol. The first kappa shape index (κ1) is 42.5. The zero-order valence-corrected chi connectivity index (χ0v) is 39.3.